The van der Waals surface area contributed by atoms with Crippen LogP contribution < -0.4 is 0 Å². The molecule has 4 aliphatic carbocycles. The molecule has 24 heteroatoms. The van der Waals surface area contributed by atoms with E-state index in [2.05, 4.69) is 20.8 Å². The minimum Gasteiger partial charge on any atom is -0.394 e. The van der Waals surface area contributed by atoms with Gasteiger partial charge in [0.1, 0.15) is 91.6 Å². The maximum Gasteiger partial charge on any atom is 0.187 e. The number of hydrogen-bond acceptors (Lipinski definition) is 24. The van der Waals surface area contributed by atoms with Crippen LogP contribution in [-0.4, -0.2) is 250 Å². The van der Waals surface area contributed by atoms with Gasteiger partial charge < -0.3 is 119 Å². The first-order valence-corrected chi connectivity index (χ1v) is 27.0. The van der Waals surface area contributed by atoms with Crippen molar-refractivity contribution in [2.24, 2.45) is 40.4 Å². The molecule has 0 aromatic heterocycles. The van der Waals surface area contributed by atoms with E-state index < -0.39 is 166 Å². The van der Waals surface area contributed by atoms with Gasteiger partial charge in [0, 0.05) is 12.3 Å². The van der Waals surface area contributed by atoms with E-state index >= 15 is 0 Å². The van der Waals surface area contributed by atoms with Crippen LogP contribution >= 0.6 is 0 Å². The molecule has 0 amide bonds. The summed E-state index contributed by atoms with van der Waals surface area (Å²) in [4.78, 5) is 0. The first-order valence-electron chi connectivity index (χ1n) is 27.0. The Morgan fingerprint density at radius 2 is 1.15 bits per heavy atom. The summed E-state index contributed by atoms with van der Waals surface area (Å²) < 4.78 is 62.1. The van der Waals surface area contributed by atoms with Crippen LogP contribution in [-0.2, 0) is 47.4 Å². The first kappa shape index (κ1) is 57.0. The Bertz CT molecular complexity index is 2020. The SMILES string of the molecule is C[C@@H]1O[C@@H](O[C@H]2[C@H](O[C@H]3CC[C@@]4(C)C(=C[C@H](O)[C@H]5[C@@H]6C[C@@H]7O[C@]8(CC[C@@](C)(CO[C@@H]9O[C@H](CO)[C@@H](O)[C@H](O)[C@H]9O)O8)[C@@H](C)[C@@H]7[C@@]6(C)CC[C@@H]54)C3)O[C@H](CO)[C@H](O)[C@@H]2O[C@@H]2O[C@H](CO)[C@@H](O)[C@H](O)[C@H]2O)[C@H](O)[C@H](O)[C@H]1O. The Morgan fingerprint density at radius 1 is 0.573 bits per heavy atom. The van der Waals surface area contributed by atoms with Crippen LogP contribution in [0.3, 0.4) is 0 Å². The zero-order valence-corrected chi connectivity index (χ0v) is 43.1. The molecule has 0 bridgehead atoms. The van der Waals surface area contributed by atoms with Crippen molar-refractivity contribution in [1.29, 1.82) is 0 Å². The second-order valence-electron chi connectivity index (χ2n) is 24.3. The largest absolute Gasteiger partial charge is 0.394 e. The highest BCUT2D eigenvalue weighted by Gasteiger charge is 2.71. The van der Waals surface area contributed by atoms with Gasteiger partial charge in [-0.2, -0.15) is 0 Å². The average molecular weight is 1080 g/mol. The molecule has 6 saturated heterocycles. The van der Waals surface area contributed by atoms with E-state index in [4.69, 9.17) is 47.4 Å². The van der Waals surface area contributed by atoms with Crippen LogP contribution in [0, 0.1) is 40.4 Å². The second-order valence-corrected chi connectivity index (χ2v) is 24.3. The fourth-order valence-corrected chi connectivity index (χ4v) is 15.6. The van der Waals surface area contributed by atoms with E-state index in [1.54, 1.807) is 0 Å². The van der Waals surface area contributed by atoms with Gasteiger partial charge in [-0.25, -0.2) is 0 Å². The van der Waals surface area contributed by atoms with E-state index in [-0.39, 0.29) is 53.1 Å². The third kappa shape index (κ3) is 9.61. The first-order chi connectivity index (χ1) is 35.4. The molecule has 6 aliphatic heterocycles. The summed E-state index contributed by atoms with van der Waals surface area (Å²) >= 11 is 0. The molecule has 75 heavy (non-hydrogen) atoms. The fraction of sp³-hybridized carbons (Fsp3) is 0.961. The molecule has 14 N–H and O–H groups in total. The van der Waals surface area contributed by atoms with E-state index in [0.717, 1.165) is 24.8 Å². The van der Waals surface area contributed by atoms with Crippen LogP contribution in [0.4, 0.5) is 0 Å². The van der Waals surface area contributed by atoms with Gasteiger partial charge in [0.15, 0.2) is 30.9 Å². The predicted octanol–water partition coefficient (Wildman–Crippen LogP) is -3.88. The smallest absolute Gasteiger partial charge is 0.187 e. The molecule has 10 aliphatic rings. The standard InChI is InChI=1S/C51H82O24/c1-19-31-26(74-51(19)11-10-48(3,75-51)18-66-44-39(63)37(61)33(57)27(15-52)69-44)14-24-30-23(7-9-50(24,31)5)49(4)8-6-22(12-21(49)13-25(30)55)68-47-43(73-45-40(64)36(60)32(56)20(2)67-45)42(35(59)29(17-54)71-47)72-46-41(65)38(62)34(58)28(16-53)70-46/h13,19-20,22-47,52-65H,6-12,14-18H2,1-5H3/t19-,20-,22-,23-,24-,25-,26-,27+,28+,29+,30+,31-,32-,33+,34+,35-,36+,37-,38-,39+,40+,41+,42-,43+,44+,45-,46-,47+,48-,49-,50-,51-/m0/s1. The minimum atomic E-state index is -1.90. The number of hydrogen-bond donors (Lipinski definition) is 14. The monoisotopic (exact) mass is 1080 g/mol. The summed E-state index contributed by atoms with van der Waals surface area (Å²) in [7, 11) is 0. The van der Waals surface area contributed by atoms with Crippen LogP contribution in [0.1, 0.15) is 86.0 Å². The molecule has 10 rings (SSSR count). The number of fused-ring (bicyclic) bond motifs is 7. The van der Waals surface area contributed by atoms with Gasteiger partial charge in [-0.3, -0.25) is 0 Å². The predicted molar refractivity (Wildman–Crippen MR) is 250 cm³/mol. The number of aliphatic hydroxyl groups excluding tert-OH is 14. The summed E-state index contributed by atoms with van der Waals surface area (Å²) in [6, 6.07) is 0. The highest BCUT2D eigenvalue weighted by Crippen LogP contribution is 2.71. The zero-order chi connectivity index (χ0) is 54.0. The number of aliphatic hydroxyl groups is 14. The maximum absolute atomic E-state index is 12.3. The summed E-state index contributed by atoms with van der Waals surface area (Å²) in [5.41, 5.74) is -0.351. The molecule has 0 unspecified atom stereocenters. The van der Waals surface area contributed by atoms with E-state index in [9.17, 15) is 71.5 Å². The van der Waals surface area contributed by atoms with Crippen LogP contribution in [0.5, 0.6) is 0 Å². The molecule has 1 spiro atoms. The van der Waals surface area contributed by atoms with E-state index in [1.807, 2.05) is 13.0 Å². The summed E-state index contributed by atoms with van der Waals surface area (Å²) in [6.45, 7) is 8.04. The lowest BCUT2D eigenvalue weighted by Gasteiger charge is -2.59. The Labute approximate surface area is 434 Å². The maximum atomic E-state index is 12.3. The van der Waals surface area contributed by atoms with Crippen molar-refractivity contribution < 1.29 is 119 Å². The van der Waals surface area contributed by atoms with Gasteiger partial charge in [-0.15, -0.1) is 0 Å². The third-order valence-electron chi connectivity index (χ3n) is 19.9. The highest BCUT2D eigenvalue weighted by molar-refractivity contribution is 5.29. The van der Waals surface area contributed by atoms with Gasteiger partial charge >= 0.3 is 0 Å². The molecule has 9 fully saturated rings. The van der Waals surface area contributed by atoms with Gasteiger partial charge in [0.2, 0.25) is 0 Å². The van der Waals surface area contributed by atoms with Crippen LogP contribution in [0.25, 0.3) is 0 Å². The van der Waals surface area contributed by atoms with Crippen molar-refractivity contribution in [2.75, 3.05) is 26.4 Å². The molecular formula is C51H82O24. The number of rotatable bonds is 12. The van der Waals surface area contributed by atoms with Gasteiger partial charge in [0.05, 0.1) is 56.4 Å². The highest BCUT2D eigenvalue weighted by atomic mass is 16.8. The Morgan fingerprint density at radius 3 is 1.80 bits per heavy atom. The normalized spacial score (nSPS) is 57.8. The topological polar surface area (TPSA) is 376 Å². The lowest BCUT2D eigenvalue weighted by Crippen LogP contribution is -2.67. The fourth-order valence-electron chi connectivity index (χ4n) is 15.6. The summed E-state index contributed by atoms with van der Waals surface area (Å²) in [6.07, 6.45) is -25.6. The van der Waals surface area contributed by atoms with Crippen molar-refractivity contribution >= 4 is 0 Å². The quantitative estimate of drug-likeness (QED) is 0.0832. The van der Waals surface area contributed by atoms with Crippen molar-refractivity contribution in [3.63, 3.8) is 0 Å². The molecule has 24 nitrogen and oxygen atoms in total. The molecule has 430 valence electrons. The Balaban J connectivity index is 0.839. The molecule has 32 atom stereocenters. The van der Waals surface area contributed by atoms with Crippen molar-refractivity contribution in [1.82, 2.24) is 0 Å². The van der Waals surface area contributed by atoms with Crippen LogP contribution in [0.15, 0.2) is 11.6 Å². The lowest BCUT2D eigenvalue weighted by molar-refractivity contribution is -0.394. The van der Waals surface area contributed by atoms with Crippen molar-refractivity contribution in [2.45, 2.75) is 239 Å². The van der Waals surface area contributed by atoms with Crippen molar-refractivity contribution in [3.8, 4) is 0 Å². The molecule has 3 saturated carbocycles. The van der Waals surface area contributed by atoms with E-state index in [0.29, 0.717) is 32.1 Å². The lowest BCUT2D eigenvalue weighted by atomic mass is 9.46. The van der Waals surface area contributed by atoms with Gasteiger partial charge in [-0.1, -0.05) is 32.4 Å². The van der Waals surface area contributed by atoms with Gasteiger partial charge in [-0.05, 0) is 93.3 Å². The van der Waals surface area contributed by atoms with Crippen molar-refractivity contribution in [3.05, 3.63) is 11.6 Å². The average Bonchev–Trinajstić information content (AvgIpc) is 4.05. The molecule has 0 aromatic carbocycles. The summed E-state index contributed by atoms with van der Waals surface area (Å²) in [5.74, 6) is -0.615. The zero-order valence-electron chi connectivity index (χ0n) is 43.1. The molecule has 0 radical (unpaired) electrons. The Kier molecular flexibility index (Phi) is 16.2. The number of ether oxygens (including phenoxy) is 10. The molecule has 0 aromatic rings. The molecular weight excluding hydrogens is 997 g/mol. The van der Waals surface area contributed by atoms with Gasteiger partial charge in [0.25, 0.3) is 0 Å². The third-order valence-corrected chi connectivity index (χ3v) is 19.9. The molecule has 6 heterocycles. The van der Waals surface area contributed by atoms with E-state index in [1.165, 1.54) is 6.92 Å². The second kappa shape index (κ2) is 21.3. The minimum absolute atomic E-state index is 0.00233. The summed E-state index contributed by atoms with van der Waals surface area (Å²) in [5, 5.41) is 149. The Hall–Kier alpha value is -1.22. The van der Waals surface area contributed by atoms with Crippen LogP contribution in [0.2, 0.25) is 0 Å².